The lowest BCUT2D eigenvalue weighted by Gasteiger charge is -2.19. The maximum absolute atomic E-state index is 11.8. The molecule has 106 valence electrons. The summed E-state index contributed by atoms with van der Waals surface area (Å²) in [7, 11) is 4.01. The molecule has 1 rings (SSSR count). The van der Waals surface area contributed by atoms with Crippen molar-refractivity contribution in [3.63, 3.8) is 0 Å². The van der Waals surface area contributed by atoms with Crippen LogP contribution in [-0.4, -0.2) is 53.5 Å². The van der Waals surface area contributed by atoms with Crippen molar-refractivity contribution in [3.05, 3.63) is 18.1 Å². The number of rotatable bonds is 5. The van der Waals surface area contributed by atoms with Gasteiger partial charge in [-0.3, -0.25) is 4.79 Å². The summed E-state index contributed by atoms with van der Waals surface area (Å²) >= 11 is 0. The number of amides is 1. The zero-order valence-electron chi connectivity index (χ0n) is 12.3. The van der Waals surface area contributed by atoms with E-state index in [9.17, 15) is 4.79 Å². The highest BCUT2D eigenvalue weighted by atomic mass is 16.2. The van der Waals surface area contributed by atoms with Crippen LogP contribution in [0.2, 0.25) is 0 Å². The van der Waals surface area contributed by atoms with E-state index >= 15 is 0 Å². The topological polar surface area (TPSA) is 70.2 Å². The van der Waals surface area contributed by atoms with Gasteiger partial charge in [0.05, 0.1) is 12.4 Å². The summed E-state index contributed by atoms with van der Waals surface area (Å²) in [5.74, 6) is 0.467. The number of carbonyl (C=O) groups is 1. The number of hydrogen-bond donors (Lipinski definition) is 2. The molecule has 0 fully saturated rings. The van der Waals surface area contributed by atoms with Crippen molar-refractivity contribution < 1.29 is 4.79 Å². The molecular formula is C13H23N5O. The average Bonchev–Trinajstić information content (AvgIpc) is 2.27. The Morgan fingerprint density at radius 1 is 1.26 bits per heavy atom. The summed E-state index contributed by atoms with van der Waals surface area (Å²) in [6.07, 6.45) is 3.06. The van der Waals surface area contributed by atoms with Gasteiger partial charge in [-0.1, -0.05) is 0 Å². The monoisotopic (exact) mass is 265 g/mol. The fourth-order valence-electron chi connectivity index (χ4n) is 1.35. The number of aromatic nitrogens is 2. The summed E-state index contributed by atoms with van der Waals surface area (Å²) in [6.45, 7) is 7.48. The van der Waals surface area contributed by atoms with Crippen molar-refractivity contribution in [2.24, 2.45) is 0 Å². The van der Waals surface area contributed by atoms with Gasteiger partial charge in [0.25, 0.3) is 5.91 Å². The first-order valence-electron chi connectivity index (χ1n) is 6.31. The smallest absolute Gasteiger partial charge is 0.271 e. The lowest BCUT2D eigenvalue weighted by molar-refractivity contribution is 0.0914. The van der Waals surface area contributed by atoms with Crippen molar-refractivity contribution in [1.29, 1.82) is 0 Å². The van der Waals surface area contributed by atoms with Crippen LogP contribution in [0, 0.1) is 0 Å². The van der Waals surface area contributed by atoms with E-state index in [2.05, 4.69) is 25.5 Å². The van der Waals surface area contributed by atoms with Gasteiger partial charge in [0.15, 0.2) is 0 Å². The molecule has 1 aromatic rings. The molecule has 0 radical (unpaired) electrons. The Hall–Kier alpha value is -1.69. The van der Waals surface area contributed by atoms with Crippen LogP contribution in [0.4, 0.5) is 5.82 Å². The molecule has 19 heavy (non-hydrogen) atoms. The number of carbonyl (C=O) groups excluding carboxylic acids is 1. The van der Waals surface area contributed by atoms with E-state index < -0.39 is 0 Å². The van der Waals surface area contributed by atoms with Gasteiger partial charge < -0.3 is 15.5 Å². The van der Waals surface area contributed by atoms with Crippen LogP contribution in [0.1, 0.15) is 31.3 Å². The summed E-state index contributed by atoms with van der Waals surface area (Å²) in [4.78, 5) is 22.2. The summed E-state index contributed by atoms with van der Waals surface area (Å²) in [6, 6.07) is 0. The van der Waals surface area contributed by atoms with E-state index in [4.69, 9.17) is 0 Å². The second kappa shape index (κ2) is 6.47. The molecular weight excluding hydrogens is 242 g/mol. The first-order chi connectivity index (χ1) is 8.78. The molecule has 0 atom stereocenters. The minimum Gasteiger partial charge on any atom is -0.368 e. The molecule has 0 bridgehead atoms. The Labute approximate surface area is 114 Å². The van der Waals surface area contributed by atoms with E-state index in [1.54, 1.807) is 6.20 Å². The molecule has 0 aliphatic heterocycles. The zero-order valence-corrected chi connectivity index (χ0v) is 12.3. The van der Waals surface area contributed by atoms with Crippen LogP contribution in [-0.2, 0) is 0 Å². The van der Waals surface area contributed by atoms with Crippen molar-refractivity contribution in [2.45, 2.75) is 26.3 Å². The normalized spacial score (nSPS) is 11.5. The second-order valence-electron chi connectivity index (χ2n) is 5.72. The summed E-state index contributed by atoms with van der Waals surface area (Å²) in [5.41, 5.74) is 0.0505. The molecule has 2 N–H and O–H groups in total. The Balaban J connectivity index is 2.54. The van der Waals surface area contributed by atoms with Gasteiger partial charge in [-0.05, 0) is 34.9 Å². The molecule has 0 saturated heterocycles. The molecule has 0 saturated carbocycles. The van der Waals surface area contributed by atoms with Crippen molar-refractivity contribution in [3.8, 4) is 0 Å². The first-order valence-corrected chi connectivity index (χ1v) is 6.31. The quantitative estimate of drug-likeness (QED) is 0.830. The SMILES string of the molecule is CN(C)CCNc1cnc(C(=O)NC(C)(C)C)cn1. The molecule has 1 aromatic heterocycles. The Morgan fingerprint density at radius 3 is 2.42 bits per heavy atom. The van der Waals surface area contributed by atoms with Crippen LogP contribution in [0.3, 0.4) is 0 Å². The maximum Gasteiger partial charge on any atom is 0.271 e. The van der Waals surface area contributed by atoms with Gasteiger partial charge in [-0.25, -0.2) is 9.97 Å². The first kappa shape index (κ1) is 15.4. The molecule has 1 heterocycles. The number of nitrogens with one attached hydrogen (secondary N) is 2. The Morgan fingerprint density at radius 2 is 1.95 bits per heavy atom. The molecule has 0 aliphatic rings. The number of likely N-dealkylation sites (N-methyl/N-ethyl adjacent to an activating group) is 1. The highest BCUT2D eigenvalue weighted by Crippen LogP contribution is 2.04. The number of anilines is 1. The number of hydrogen-bond acceptors (Lipinski definition) is 5. The third kappa shape index (κ3) is 6.15. The Kier molecular flexibility index (Phi) is 5.23. The van der Waals surface area contributed by atoms with Crippen LogP contribution in [0.15, 0.2) is 12.4 Å². The van der Waals surface area contributed by atoms with E-state index in [0.717, 1.165) is 13.1 Å². The van der Waals surface area contributed by atoms with Gasteiger partial charge in [-0.2, -0.15) is 0 Å². The van der Waals surface area contributed by atoms with Gasteiger partial charge >= 0.3 is 0 Å². The van der Waals surface area contributed by atoms with Crippen LogP contribution >= 0.6 is 0 Å². The Bertz CT molecular complexity index is 408. The predicted octanol–water partition coefficient (Wildman–Crippen LogP) is 0.978. The van der Waals surface area contributed by atoms with Crippen LogP contribution in [0.25, 0.3) is 0 Å². The molecule has 6 heteroatoms. The third-order valence-electron chi connectivity index (χ3n) is 2.24. The minimum atomic E-state index is -0.276. The van der Waals surface area contributed by atoms with Crippen molar-refractivity contribution >= 4 is 11.7 Å². The highest BCUT2D eigenvalue weighted by molar-refractivity contribution is 5.92. The van der Waals surface area contributed by atoms with E-state index in [1.165, 1.54) is 6.20 Å². The maximum atomic E-state index is 11.8. The van der Waals surface area contributed by atoms with Crippen molar-refractivity contribution in [1.82, 2.24) is 20.2 Å². The van der Waals surface area contributed by atoms with E-state index in [1.807, 2.05) is 34.9 Å². The van der Waals surface area contributed by atoms with Gasteiger partial charge in [0, 0.05) is 18.6 Å². The largest absolute Gasteiger partial charge is 0.368 e. The van der Waals surface area contributed by atoms with Crippen LogP contribution in [0.5, 0.6) is 0 Å². The number of nitrogens with zero attached hydrogens (tertiary/aromatic N) is 3. The summed E-state index contributed by atoms with van der Waals surface area (Å²) in [5, 5.41) is 5.99. The second-order valence-corrected chi connectivity index (χ2v) is 5.72. The lowest BCUT2D eigenvalue weighted by Crippen LogP contribution is -2.41. The highest BCUT2D eigenvalue weighted by Gasteiger charge is 2.16. The fourth-order valence-corrected chi connectivity index (χ4v) is 1.35. The lowest BCUT2D eigenvalue weighted by atomic mass is 10.1. The molecule has 6 nitrogen and oxygen atoms in total. The van der Waals surface area contributed by atoms with Gasteiger partial charge in [-0.15, -0.1) is 0 Å². The molecule has 0 unspecified atom stereocenters. The zero-order chi connectivity index (χ0) is 14.5. The fraction of sp³-hybridized carbons (Fsp3) is 0.615. The summed E-state index contributed by atoms with van der Waals surface area (Å²) < 4.78 is 0. The molecule has 1 amide bonds. The molecule has 0 spiro atoms. The van der Waals surface area contributed by atoms with Gasteiger partial charge in [0.1, 0.15) is 11.5 Å². The van der Waals surface area contributed by atoms with E-state index in [0.29, 0.717) is 11.5 Å². The predicted molar refractivity (Wildman–Crippen MR) is 76.3 cm³/mol. The van der Waals surface area contributed by atoms with Crippen LogP contribution < -0.4 is 10.6 Å². The van der Waals surface area contributed by atoms with E-state index in [-0.39, 0.29) is 11.4 Å². The third-order valence-corrected chi connectivity index (χ3v) is 2.24. The average molecular weight is 265 g/mol. The van der Waals surface area contributed by atoms with Gasteiger partial charge in [0.2, 0.25) is 0 Å². The minimum absolute atomic E-state index is 0.208. The molecule has 0 aliphatic carbocycles. The van der Waals surface area contributed by atoms with Crippen molar-refractivity contribution in [2.75, 3.05) is 32.5 Å². The molecule has 0 aromatic carbocycles. The standard InChI is InChI=1S/C13H23N5O/c1-13(2,3)17-12(19)10-8-16-11(9-15-10)14-6-7-18(4)5/h8-9H,6-7H2,1-5H3,(H,14,16)(H,17,19).